The Kier molecular flexibility index (Phi) is 7.63. The highest BCUT2D eigenvalue weighted by atomic mass is 16.3. The van der Waals surface area contributed by atoms with Gasteiger partial charge in [-0.25, -0.2) is 9.97 Å². The first kappa shape index (κ1) is 25.1. The molecule has 0 saturated carbocycles. The van der Waals surface area contributed by atoms with Gasteiger partial charge >= 0.3 is 0 Å². The first-order valence-corrected chi connectivity index (χ1v) is 13.2. The Morgan fingerprint density at radius 3 is 2.19 bits per heavy atom. The van der Waals surface area contributed by atoms with Gasteiger partial charge in [0.05, 0.1) is 6.10 Å². The van der Waals surface area contributed by atoms with E-state index in [-0.39, 0.29) is 0 Å². The fourth-order valence-electron chi connectivity index (χ4n) is 5.11. The lowest BCUT2D eigenvalue weighted by atomic mass is 9.97. The van der Waals surface area contributed by atoms with E-state index in [2.05, 4.69) is 60.9 Å². The quantitative estimate of drug-likeness (QED) is 0.368. The van der Waals surface area contributed by atoms with Crippen LogP contribution in [-0.2, 0) is 6.42 Å². The van der Waals surface area contributed by atoms with Crippen molar-refractivity contribution >= 4 is 5.82 Å². The second-order valence-corrected chi connectivity index (χ2v) is 10.1. The van der Waals surface area contributed by atoms with Crippen LogP contribution in [0.25, 0.3) is 11.4 Å². The summed E-state index contributed by atoms with van der Waals surface area (Å²) in [6.07, 6.45) is 0.343. The van der Waals surface area contributed by atoms with Crippen LogP contribution in [-0.4, -0.2) is 52.7 Å². The van der Waals surface area contributed by atoms with Crippen molar-refractivity contribution in [2.45, 2.75) is 33.3 Å². The van der Waals surface area contributed by atoms with E-state index in [1.165, 1.54) is 22.3 Å². The van der Waals surface area contributed by atoms with Crippen LogP contribution in [0.5, 0.6) is 0 Å². The number of benzene rings is 3. The van der Waals surface area contributed by atoms with Gasteiger partial charge in [-0.2, -0.15) is 0 Å². The van der Waals surface area contributed by atoms with Crippen molar-refractivity contribution in [2.75, 3.05) is 37.6 Å². The molecule has 1 unspecified atom stereocenters. The lowest BCUT2D eigenvalue weighted by molar-refractivity contribution is 0.109. The van der Waals surface area contributed by atoms with Gasteiger partial charge in [-0.1, -0.05) is 84.4 Å². The highest BCUT2D eigenvalue weighted by molar-refractivity contribution is 5.61. The van der Waals surface area contributed by atoms with Gasteiger partial charge in [-0.3, -0.25) is 4.90 Å². The minimum atomic E-state index is -0.474. The summed E-state index contributed by atoms with van der Waals surface area (Å²) in [6, 6.07) is 26.8. The molecule has 37 heavy (non-hydrogen) atoms. The lowest BCUT2D eigenvalue weighted by Gasteiger charge is -2.37. The zero-order valence-corrected chi connectivity index (χ0v) is 22.1. The van der Waals surface area contributed by atoms with Gasteiger partial charge < -0.3 is 10.0 Å². The summed E-state index contributed by atoms with van der Waals surface area (Å²) < 4.78 is 0. The molecule has 0 bridgehead atoms. The van der Waals surface area contributed by atoms with Crippen molar-refractivity contribution in [3.05, 3.63) is 112 Å². The number of anilines is 1. The summed E-state index contributed by atoms with van der Waals surface area (Å²) in [7, 11) is 0. The Balaban J connectivity index is 1.41. The highest BCUT2D eigenvalue weighted by Crippen LogP contribution is 2.29. The van der Waals surface area contributed by atoms with Gasteiger partial charge in [-0.05, 0) is 37.5 Å². The lowest BCUT2D eigenvalue weighted by Crippen LogP contribution is -2.48. The predicted octanol–water partition coefficient (Wildman–Crippen LogP) is 5.52. The summed E-state index contributed by atoms with van der Waals surface area (Å²) in [5, 5.41) is 10.7. The van der Waals surface area contributed by atoms with Gasteiger partial charge in [0.25, 0.3) is 0 Å². The molecule has 3 aromatic carbocycles. The van der Waals surface area contributed by atoms with Gasteiger partial charge in [0, 0.05) is 56.0 Å². The molecule has 0 spiro atoms. The van der Waals surface area contributed by atoms with Gasteiger partial charge in [0.15, 0.2) is 5.82 Å². The molecule has 0 amide bonds. The molecular weight excluding hydrogens is 456 g/mol. The Labute approximate surface area is 220 Å². The normalized spacial score (nSPS) is 15.1. The van der Waals surface area contributed by atoms with E-state index in [9.17, 15) is 5.11 Å². The molecule has 1 aromatic heterocycles. The van der Waals surface area contributed by atoms with Crippen LogP contribution in [0, 0.1) is 20.8 Å². The molecule has 1 fully saturated rings. The molecule has 4 aromatic rings. The number of hydrogen-bond acceptors (Lipinski definition) is 5. The predicted molar refractivity (Wildman–Crippen MR) is 151 cm³/mol. The van der Waals surface area contributed by atoms with Gasteiger partial charge in [-0.15, -0.1) is 0 Å². The Bertz CT molecular complexity index is 1330. The number of nitrogens with zero attached hydrogens (tertiary/aromatic N) is 4. The van der Waals surface area contributed by atoms with E-state index < -0.39 is 6.10 Å². The van der Waals surface area contributed by atoms with Crippen molar-refractivity contribution in [3.8, 4) is 11.4 Å². The summed E-state index contributed by atoms with van der Waals surface area (Å²) in [5.41, 5.74) is 8.13. The number of β-amino-alcohol motifs (C(OH)–C–C–N with tert-alkyl or cyclic N) is 1. The molecule has 5 nitrogen and oxygen atoms in total. The molecule has 190 valence electrons. The smallest absolute Gasteiger partial charge is 0.161 e. The van der Waals surface area contributed by atoms with E-state index in [4.69, 9.17) is 9.97 Å². The SMILES string of the molecule is Cc1ccc(C)c(Cc2c(C)nc(-c3ccccc3)nc2N2CCN(CC(O)c3ccccc3)CC2)c1. The number of piperazine rings is 1. The van der Waals surface area contributed by atoms with E-state index in [1.807, 2.05) is 48.5 Å². The molecule has 5 heteroatoms. The third-order valence-electron chi connectivity index (χ3n) is 7.38. The minimum Gasteiger partial charge on any atom is -0.387 e. The first-order chi connectivity index (χ1) is 18.0. The van der Waals surface area contributed by atoms with Crippen LogP contribution in [0.3, 0.4) is 0 Å². The van der Waals surface area contributed by atoms with Crippen molar-refractivity contribution in [3.63, 3.8) is 0 Å². The Morgan fingerprint density at radius 2 is 1.49 bits per heavy atom. The number of aryl methyl sites for hydroxylation is 3. The van der Waals surface area contributed by atoms with Crippen molar-refractivity contribution in [1.82, 2.24) is 14.9 Å². The van der Waals surface area contributed by atoms with Crippen LogP contribution < -0.4 is 4.90 Å². The average Bonchev–Trinajstić information content (AvgIpc) is 2.93. The van der Waals surface area contributed by atoms with Crippen molar-refractivity contribution < 1.29 is 5.11 Å². The molecule has 0 aliphatic carbocycles. The van der Waals surface area contributed by atoms with E-state index >= 15 is 0 Å². The fourth-order valence-corrected chi connectivity index (χ4v) is 5.11. The number of rotatable bonds is 7. The van der Waals surface area contributed by atoms with Gasteiger partial charge in [0.1, 0.15) is 5.82 Å². The second-order valence-electron chi connectivity index (χ2n) is 10.1. The van der Waals surface area contributed by atoms with Crippen LogP contribution in [0.2, 0.25) is 0 Å². The highest BCUT2D eigenvalue weighted by Gasteiger charge is 2.25. The molecule has 1 N–H and O–H groups in total. The molecular formula is C32H36N4O. The molecule has 1 aliphatic rings. The average molecular weight is 493 g/mol. The van der Waals surface area contributed by atoms with E-state index in [0.29, 0.717) is 6.54 Å². The largest absolute Gasteiger partial charge is 0.387 e. The van der Waals surface area contributed by atoms with Crippen molar-refractivity contribution in [2.24, 2.45) is 0 Å². The second kappa shape index (κ2) is 11.2. The molecule has 1 aliphatic heterocycles. The van der Waals surface area contributed by atoms with Crippen LogP contribution in [0.1, 0.15) is 39.6 Å². The third-order valence-corrected chi connectivity index (χ3v) is 7.38. The zero-order valence-electron chi connectivity index (χ0n) is 22.1. The summed E-state index contributed by atoms with van der Waals surface area (Å²) >= 11 is 0. The Morgan fingerprint density at radius 1 is 0.811 bits per heavy atom. The maximum Gasteiger partial charge on any atom is 0.161 e. The number of aliphatic hydroxyl groups is 1. The van der Waals surface area contributed by atoms with Crippen LogP contribution >= 0.6 is 0 Å². The summed E-state index contributed by atoms with van der Waals surface area (Å²) in [6.45, 7) is 10.6. The molecule has 1 atom stereocenters. The summed E-state index contributed by atoms with van der Waals surface area (Å²) in [5.74, 6) is 1.82. The maximum atomic E-state index is 10.7. The first-order valence-electron chi connectivity index (χ1n) is 13.2. The zero-order chi connectivity index (χ0) is 25.8. The third kappa shape index (κ3) is 5.90. The molecule has 0 radical (unpaired) electrons. The number of hydrogen-bond donors (Lipinski definition) is 1. The monoisotopic (exact) mass is 492 g/mol. The number of aromatic nitrogens is 2. The van der Waals surface area contributed by atoms with E-state index in [0.717, 1.165) is 61.1 Å². The maximum absolute atomic E-state index is 10.7. The molecule has 2 heterocycles. The molecule has 1 saturated heterocycles. The van der Waals surface area contributed by atoms with Crippen LogP contribution in [0.4, 0.5) is 5.82 Å². The standard InChI is InChI=1S/C32H36N4O/c1-23-14-15-24(2)28(20-23)21-29-25(3)33-31(27-12-8-5-9-13-27)34-32(29)36-18-16-35(17-19-36)22-30(37)26-10-6-4-7-11-26/h4-15,20,30,37H,16-19,21-22H2,1-3H3. The minimum absolute atomic E-state index is 0.474. The van der Waals surface area contributed by atoms with Gasteiger partial charge in [0.2, 0.25) is 0 Å². The Hall–Kier alpha value is -3.54. The summed E-state index contributed by atoms with van der Waals surface area (Å²) in [4.78, 5) is 14.9. The molecule has 5 rings (SSSR count). The van der Waals surface area contributed by atoms with Crippen molar-refractivity contribution in [1.29, 1.82) is 0 Å². The van der Waals surface area contributed by atoms with Crippen LogP contribution in [0.15, 0.2) is 78.9 Å². The number of aliphatic hydroxyl groups excluding tert-OH is 1. The van der Waals surface area contributed by atoms with E-state index in [1.54, 1.807) is 0 Å². The topological polar surface area (TPSA) is 52.5 Å². The fraction of sp³-hybridized carbons (Fsp3) is 0.312.